The molecule has 0 aromatic heterocycles. The molecule has 0 aliphatic carbocycles. The van der Waals surface area contributed by atoms with Gasteiger partial charge in [-0.1, -0.05) is 54.8 Å². The van der Waals surface area contributed by atoms with Gasteiger partial charge in [0.15, 0.2) is 15.6 Å². The molecule has 1 heterocycles. The molecule has 182 valence electrons. The molecule has 2 aromatic rings. The van der Waals surface area contributed by atoms with Gasteiger partial charge in [0.2, 0.25) is 0 Å². The lowest BCUT2D eigenvalue weighted by molar-refractivity contribution is -0.116. The maximum atomic E-state index is 12.7. The summed E-state index contributed by atoms with van der Waals surface area (Å²) in [5.74, 6) is -1.33. The monoisotopic (exact) mass is 519 g/mol. The second-order valence-corrected chi connectivity index (χ2v) is 11.0. The van der Waals surface area contributed by atoms with Crippen molar-refractivity contribution in [1.29, 1.82) is 0 Å². The van der Waals surface area contributed by atoms with E-state index in [0.29, 0.717) is 23.2 Å². The zero-order chi connectivity index (χ0) is 24.7. The van der Waals surface area contributed by atoms with Crippen molar-refractivity contribution in [2.24, 2.45) is 0 Å². The Bertz CT molecular complexity index is 1120. The van der Waals surface area contributed by atoms with Gasteiger partial charge in [0.25, 0.3) is 0 Å². The molecule has 7 nitrogen and oxygen atoms in total. The Balaban J connectivity index is 1.53. The fourth-order valence-electron chi connectivity index (χ4n) is 3.68. The summed E-state index contributed by atoms with van der Waals surface area (Å²) in [4.78, 5) is 18.7. The molecule has 0 amide bonds. The SMILES string of the molecule is CN(CC(=O)CS(=O)(=O)CN(C)C(=S)c1ccc(N2CCOCC2)cc1)C(=S)c1ccccc1. The number of ether oxygens (including phenoxy) is 1. The summed E-state index contributed by atoms with van der Waals surface area (Å²) in [5.41, 5.74) is 2.64. The Hall–Kier alpha value is -2.40. The highest BCUT2D eigenvalue weighted by atomic mass is 32.2. The molecule has 34 heavy (non-hydrogen) atoms. The molecule has 0 saturated carbocycles. The number of hydrogen-bond donors (Lipinski definition) is 0. The summed E-state index contributed by atoms with van der Waals surface area (Å²) < 4.78 is 30.7. The van der Waals surface area contributed by atoms with Gasteiger partial charge in [0.1, 0.15) is 21.6 Å². The number of thiocarbonyl (C=S) groups is 2. The van der Waals surface area contributed by atoms with Gasteiger partial charge in [0, 0.05) is 44.0 Å². The number of likely N-dealkylation sites (N-methyl/N-ethyl adjacent to an activating group) is 1. The van der Waals surface area contributed by atoms with Gasteiger partial charge in [-0.3, -0.25) is 4.79 Å². The molecule has 0 unspecified atom stereocenters. The predicted molar refractivity (Wildman–Crippen MR) is 143 cm³/mol. The van der Waals surface area contributed by atoms with E-state index in [0.717, 1.165) is 29.9 Å². The highest BCUT2D eigenvalue weighted by Crippen LogP contribution is 2.18. The molecule has 1 aliphatic rings. The Morgan fingerprint density at radius 2 is 1.47 bits per heavy atom. The van der Waals surface area contributed by atoms with E-state index in [1.807, 2.05) is 54.6 Å². The average molecular weight is 520 g/mol. The number of morpholine rings is 1. The van der Waals surface area contributed by atoms with Gasteiger partial charge >= 0.3 is 0 Å². The number of Topliss-reactive ketones (excluding diaryl/α,β-unsaturated/α-hetero) is 1. The zero-order valence-corrected chi connectivity index (χ0v) is 21.8. The van der Waals surface area contributed by atoms with E-state index in [-0.39, 0.29) is 12.4 Å². The standard InChI is InChI=1S/C24H29N3O4S3/c1-25(23(32)19-6-4-3-5-7-19)16-22(28)17-34(29,30)18-26(2)24(33)20-8-10-21(11-9-20)27-12-14-31-15-13-27/h3-11H,12-18H2,1-2H3. The van der Waals surface area contributed by atoms with E-state index in [1.165, 1.54) is 4.90 Å². The second-order valence-electron chi connectivity index (χ2n) is 8.23. The maximum Gasteiger partial charge on any atom is 0.175 e. The maximum absolute atomic E-state index is 12.7. The van der Waals surface area contributed by atoms with Crippen LogP contribution in [0.1, 0.15) is 11.1 Å². The van der Waals surface area contributed by atoms with E-state index in [1.54, 1.807) is 19.0 Å². The quantitative estimate of drug-likeness (QED) is 0.465. The van der Waals surface area contributed by atoms with E-state index in [2.05, 4.69) is 4.90 Å². The summed E-state index contributed by atoms with van der Waals surface area (Å²) in [7, 11) is -0.393. The first-order chi connectivity index (χ1) is 16.2. The van der Waals surface area contributed by atoms with Crippen LogP contribution in [0.3, 0.4) is 0 Å². The summed E-state index contributed by atoms with van der Waals surface area (Å²) in [6.07, 6.45) is 0. The third kappa shape index (κ3) is 7.30. The minimum Gasteiger partial charge on any atom is -0.378 e. The Morgan fingerprint density at radius 1 is 0.912 bits per heavy atom. The summed E-state index contributed by atoms with van der Waals surface area (Å²) in [6, 6.07) is 17.0. The van der Waals surface area contributed by atoms with Crippen LogP contribution in [-0.4, -0.2) is 92.6 Å². The Kier molecular flexibility index (Phi) is 9.12. The molecule has 0 bridgehead atoms. The van der Waals surface area contributed by atoms with Crippen LogP contribution in [-0.2, 0) is 19.4 Å². The van der Waals surface area contributed by atoms with Crippen molar-refractivity contribution in [3.05, 3.63) is 65.7 Å². The number of hydrogen-bond acceptors (Lipinski definition) is 7. The van der Waals surface area contributed by atoms with Crippen LogP contribution in [0.4, 0.5) is 5.69 Å². The third-order valence-electron chi connectivity index (χ3n) is 5.39. The first kappa shape index (κ1) is 26.2. The van der Waals surface area contributed by atoms with E-state index in [9.17, 15) is 13.2 Å². The van der Waals surface area contributed by atoms with Crippen molar-refractivity contribution in [2.45, 2.75) is 0 Å². The lowest BCUT2D eigenvalue weighted by Crippen LogP contribution is -2.38. The molecular weight excluding hydrogens is 490 g/mol. The first-order valence-electron chi connectivity index (χ1n) is 10.9. The number of benzene rings is 2. The highest BCUT2D eigenvalue weighted by Gasteiger charge is 2.22. The van der Waals surface area contributed by atoms with Gasteiger partial charge in [-0.2, -0.15) is 0 Å². The lowest BCUT2D eigenvalue weighted by atomic mass is 10.2. The van der Waals surface area contributed by atoms with Crippen molar-refractivity contribution in [1.82, 2.24) is 9.80 Å². The summed E-state index contributed by atoms with van der Waals surface area (Å²) >= 11 is 10.9. The largest absolute Gasteiger partial charge is 0.378 e. The topological polar surface area (TPSA) is 70.2 Å². The van der Waals surface area contributed by atoms with Crippen LogP contribution in [0.5, 0.6) is 0 Å². The molecule has 0 N–H and O–H groups in total. The number of carbonyl (C=O) groups is 1. The van der Waals surface area contributed by atoms with Gasteiger partial charge in [-0.25, -0.2) is 8.42 Å². The average Bonchev–Trinajstić information content (AvgIpc) is 2.83. The van der Waals surface area contributed by atoms with Gasteiger partial charge in [-0.15, -0.1) is 0 Å². The van der Waals surface area contributed by atoms with Crippen LogP contribution >= 0.6 is 24.4 Å². The number of rotatable bonds is 9. The van der Waals surface area contributed by atoms with Crippen LogP contribution < -0.4 is 4.90 Å². The fraction of sp³-hybridized carbons (Fsp3) is 0.375. The third-order valence-corrected chi connectivity index (χ3v) is 8.03. The van der Waals surface area contributed by atoms with E-state index >= 15 is 0 Å². The van der Waals surface area contributed by atoms with Crippen LogP contribution in [0, 0.1) is 0 Å². The molecular formula is C24H29N3O4S3. The van der Waals surface area contributed by atoms with E-state index in [4.69, 9.17) is 29.2 Å². The fourth-order valence-corrected chi connectivity index (χ4v) is 5.56. The number of nitrogens with zero attached hydrogens (tertiary/aromatic N) is 3. The Labute approximate surface area is 212 Å². The summed E-state index contributed by atoms with van der Waals surface area (Å²) in [5, 5.41) is 0. The number of anilines is 1. The van der Waals surface area contributed by atoms with Crippen molar-refractivity contribution >= 4 is 55.7 Å². The minimum atomic E-state index is -3.70. The van der Waals surface area contributed by atoms with Crippen LogP contribution in [0.15, 0.2) is 54.6 Å². The number of sulfone groups is 1. The number of ketones is 1. The molecule has 10 heteroatoms. The highest BCUT2D eigenvalue weighted by molar-refractivity contribution is 7.92. The summed E-state index contributed by atoms with van der Waals surface area (Å²) in [6.45, 7) is 2.99. The first-order valence-corrected chi connectivity index (χ1v) is 13.5. The zero-order valence-electron chi connectivity index (χ0n) is 19.3. The molecule has 1 saturated heterocycles. The molecule has 1 fully saturated rings. The smallest absolute Gasteiger partial charge is 0.175 e. The van der Waals surface area contributed by atoms with Crippen LogP contribution in [0.25, 0.3) is 0 Å². The van der Waals surface area contributed by atoms with Crippen molar-refractivity contribution in [2.75, 3.05) is 63.5 Å². The van der Waals surface area contributed by atoms with Gasteiger partial charge in [0.05, 0.1) is 19.8 Å². The van der Waals surface area contributed by atoms with Crippen molar-refractivity contribution in [3.63, 3.8) is 0 Å². The molecule has 0 radical (unpaired) electrons. The van der Waals surface area contributed by atoms with Crippen molar-refractivity contribution < 1.29 is 17.9 Å². The van der Waals surface area contributed by atoms with Gasteiger partial charge in [-0.05, 0) is 24.3 Å². The minimum absolute atomic E-state index is 0.0792. The van der Waals surface area contributed by atoms with E-state index < -0.39 is 21.4 Å². The lowest BCUT2D eigenvalue weighted by Gasteiger charge is -2.29. The Morgan fingerprint density at radius 3 is 2.09 bits per heavy atom. The van der Waals surface area contributed by atoms with Gasteiger partial charge < -0.3 is 19.4 Å². The molecule has 0 spiro atoms. The van der Waals surface area contributed by atoms with Crippen LogP contribution in [0.2, 0.25) is 0 Å². The number of carbonyl (C=O) groups excluding carboxylic acids is 1. The molecule has 1 aliphatic heterocycles. The normalized spacial score (nSPS) is 13.9. The molecule has 3 rings (SSSR count). The predicted octanol–water partition coefficient (Wildman–Crippen LogP) is 2.38. The van der Waals surface area contributed by atoms with Crippen molar-refractivity contribution in [3.8, 4) is 0 Å². The molecule has 2 aromatic carbocycles. The second kappa shape index (κ2) is 11.8. The molecule has 0 atom stereocenters.